The highest BCUT2D eigenvalue weighted by Gasteiger charge is 2.37. The molecule has 0 saturated heterocycles. The normalized spacial score (nSPS) is 12.2. The standard InChI is InChI=1S/C25H24NO2.CHF3O3S/c1-25(2,3)19-13-7-10-16-22(19)28-24(27)23-17-11-5-8-14-20(17)26(4)21-15-9-6-12-18(21)23;2-1(3,4)8(5,6)7/h5-16H,1-4H3;(H,5,6,7)/q+1;/p-1. The summed E-state index contributed by atoms with van der Waals surface area (Å²) >= 11 is 0. The van der Waals surface area contributed by atoms with Crippen molar-refractivity contribution in [1.82, 2.24) is 0 Å². The number of pyridine rings is 1. The lowest BCUT2D eigenvalue weighted by atomic mass is 9.86. The number of carbonyl (C=O) groups is 1. The first kappa shape index (κ1) is 27.1. The molecule has 0 unspecified atom stereocenters. The van der Waals surface area contributed by atoms with Crippen LogP contribution in [0.2, 0.25) is 0 Å². The predicted octanol–water partition coefficient (Wildman–Crippen LogP) is 5.39. The van der Waals surface area contributed by atoms with Crippen molar-refractivity contribution in [3.63, 3.8) is 0 Å². The van der Waals surface area contributed by atoms with Crippen LogP contribution in [0.5, 0.6) is 5.75 Å². The molecule has 0 saturated carbocycles. The summed E-state index contributed by atoms with van der Waals surface area (Å²) in [4.78, 5) is 13.4. The van der Waals surface area contributed by atoms with E-state index >= 15 is 0 Å². The first-order chi connectivity index (χ1) is 16.6. The number of nitrogens with zero attached hydrogens (tertiary/aromatic N) is 1. The molecule has 0 N–H and O–H groups in total. The van der Waals surface area contributed by atoms with Crippen molar-refractivity contribution >= 4 is 37.9 Å². The van der Waals surface area contributed by atoms with Crippen LogP contribution in [-0.2, 0) is 22.6 Å². The minimum absolute atomic E-state index is 0.121. The summed E-state index contributed by atoms with van der Waals surface area (Å²) < 4.78 is 67.0. The summed E-state index contributed by atoms with van der Waals surface area (Å²) in [5.41, 5.74) is -2.15. The summed E-state index contributed by atoms with van der Waals surface area (Å²) in [6.07, 6.45) is 0. The number of para-hydroxylation sites is 3. The molecule has 0 spiro atoms. The molecule has 1 heterocycles. The number of esters is 1. The van der Waals surface area contributed by atoms with Gasteiger partial charge in [-0.3, -0.25) is 0 Å². The Hall–Kier alpha value is -3.50. The average Bonchev–Trinajstić information content (AvgIpc) is 2.78. The monoisotopic (exact) mass is 519 g/mol. The van der Waals surface area contributed by atoms with E-state index in [2.05, 4.69) is 25.3 Å². The molecule has 0 radical (unpaired) electrons. The van der Waals surface area contributed by atoms with E-state index in [9.17, 15) is 18.0 Å². The number of fused-ring (bicyclic) bond motifs is 2. The van der Waals surface area contributed by atoms with E-state index in [1.807, 2.05) is 79.8 Å². The lowest BCUT2D eigenvalue weighted by Gasteiger charge is -2.22. The van der Waals surface area contributed by atoms with Crippen LogP contribution in [0.1, 0.15) is 36.7 Å². The van der Waals surface area contributed by atoms with Crippen LogP contribution < -0.4 is 9.30 Å². The van der Waals surface area contributed by atoms with E-state index in [1.165, 1.54) is 0 Å². The largest absolute Gasteiger partial charge is 0.741 e. The summed E-state index contributed by atoms with van der Waals surface area (Å²) in [6.45, 7) is 6.35. The number of alkyl halides is 3. The fraction of sp³-hybridized carbons (Fsp3) is 0.231. The molecule has 10 heteroatoms. The highest BCUT2D eigenvalue weighted by molar-refractivity contribution is 7.86. The van der Waals surface area contributed by atoms with Gasteiger partial charge in [0.1, 0.15) is 12.8 Å². The van der Waals surface area contributed by atoms with Crippen LogP contribution >= 0.6 is 0 Å². The molecule has 4 aromatic rings. The molecule has 0 atom stereocenters. The Balaban J connectivity index is 0.000000392. The van der Waals surface area contributed by atoms with E-state index < -0.39 is 15.6 Å². The molecule has 0 amide bonds. The topological polar surface area (TPSA) is 87.4 Å². The molecule has 0 bridgehead atoms. The number of hydrogen-bond donors (Lipinski definition) is 0. The second-order valence-electron chi connectivity index (χ2n) is 9.00. The van der Waals surface area contributed by atoms with Gasteiger partial charge in [-0.2, -0.15) is 17.7 Å². The molecule has 0 aliphatic heterocycles. The number of carbonyl (C=O) groups excluding carboxylic acids is 1. The smallest absolute Gasteiger partial charge is 0.485 e. The minimum Gasteiger partial charge on any atom is -0.741 e. The van der Waals surface area contributed by atoms with Gasteiger partial charge in [0.2, 0.25) is 11.0 Å². The van der Waals surface area contributed by atoms with Gasteiger partial charge in [-0.15, -0.1) is 0 Å². The van der Waals surface area contributed by atoms with E-state index in [4.69, 9.17) is 17.7 Å². The first-order valence-corrected chi connectivity index (χ1v) is 12.2. The van der Waals surface area contributed by atoms with Crippen LogP contribution in [0.15, 0.2) is 72.8 Å². The summed E-state index contributed by atoms with van der Waals surface area (Å²) in [7, 11) is -4.07. The van der Waals surface area contributed by atoms with Crippen molar-refractivity contribution in [2.75, 3.05) is 0 Å². The molecule has 0 fully saturated rings. The highest BCUT2D eigenvalue weighted by atomic mass is 32.2. The molecule has 3 aromatic carbocycles. The second kappa shape index (κ2) is 9.87. The molecule has 0 aliphatic carbocycles. The van der Waals surface area contributed by atoms with E-state index in [-0.39, 0.29) is 11.4 Å². The lowest BCUT2D eigenvalue weighted by molar-refractivity contribution is -0.617. The molecule has 1 aromatic heterocycles. The van der Waals surface area contributed by atoms with Gasteiger partial charge in [0.05, 0.1) is 16.3 Å². The van der Waals surface area contributed by atoms with Gasteiger partial charge in [0.15, 0.2) is 10.1 Å². The Morgan fingerprint density at radius 2 is 1.25 bits per heavy atom. The van der Waals surface area contributed by atoms with Crippen LogP contribution in [0.4, 0.5) is 13.2 Å². The molecule has 0 aliphatic rings. The third kappa shape index (κ3) is 5.66. The molecule has 6 nitrogen and oxygen atoms in total. The maximum absolute atomic E-state index is 13.4. The van der Waals surface area contributed by atoms with Gasteiger partial charge >= 0.3 is 11.5 Å². The zero-order valence-electron chi connectivity index (χ0n) is 20.0. The maximum Gasteiger partial charge on any atom is 0.485 e. The van der Waals surface area contributed by atoms with Crippen LogP contribution in [-0.4, -0.2) is 24.4 Å². The lowest BCUT2D eigenvalue weighted by Crippen LogP contribution is -2.31. The Labute approximate surface area is 206 Å². The number of aryl methyl sites for hydroxylation is 1. The Bertz CT molecular complexity index is 1480. The molecule has 4 rings (SSSR count). The van der Waals surface area contributed by atoms with Gasteiger partial charge in [-0.1, -0.05) is 63.2 Å². The minimum atomic E-state index is -6.09. The van der Waals surface area contributed by atoms with Gasteiger partial charge in [-0.05, 0) is 23.6 Å². The van der Waals surface area contributed by atoms with Gasteiger partial charge in [0, 0.05) is 17.7 Å². The van der Waals surface area contributed by atoms with Crippen molar-refractivity contribution in [1.29, 1.82) is 0 Å². The third-order valence-corrected chi connectivity index (χ3v) is 6.02. The Morgan fingerprint density at radius 1 is 0.833 bits per heavy atom. The summed E-state index contributed by atoms with van der Waals surface area (Å²) in [5, 5.41) is 1.78. The fourth-order valence-corrected chi connectivity index (χ4v) is 3.78. The van der Waals surface area contributed by atoms with Crippen LogP contribution in [0, 0.1) is 0 Å². The zero-order valence-corrected chi connectivity index (χ0v) is 20.8. The number of halogens is 3. The third-order valence-electron chi connectivity index (χ3n) is 5.45. The van der Waals surface area contributed by atoms with Crippen molar-refractivity contribution in [2.45, 2.75) is 31.7 Å². The number of benzene rings is 3. The number of aromatic nitrogens is 1. The Kier molecular flexibility index (Phi) is 7.42. The fourth-order valence-electron chi connectivity index (χ4n) is 3.78. The van der Waals surface area contributed by atoms with E-state index in [0.717, 1.165) is 27.4 Å². The molecule has 36 heavy (non-hydrogen) atoms. The van der Waals surface area contributed by atoms with E-state index in [1.54, 1.807) is 0 Å². The van der Waals surface area contributed by atoms with Gasteiger partial charge < -0.3 is 9.29 Å². The van der Waals surface area contributed by atoms with Gasteiger partial charge in [0.25, 0.3) is 0 Å². The predicted molar refractivity (Wildman–Crippen MR) is 128 cm³/mol. The number of rotatable bonds is 2. The van der Waals surface area contributed by atoms with Crippen molar-refractivity contribution < 1.29 is 40.2 Å². The maximum atomic E-state index is 13.4. The van der Waals surface area contributed by atoms with Crippen LogP contribution in [0.25, 0.3) is 21.8 Å². The quantitative estimate of drug-likeness (QED) is 0.0886. The first-order valence-electron chi connectivity index (χ1n) is 10.8. The number of ether oxygens (including phenoxy) is 1. The van der Waals surface area contributed by atoms with Gasteiger partial charge in [-0.25, -0.2) is 13.2 Å². The van der Waals surface area contributed by atoms with Crippen molar-refractivity contribution in [3.05, 3.63) is 83.9 Å². The summed E-state index contributed by atoms with van der Waals surface area (Å²) in [6, 6.07) is 23.7. The Morgan fingerprint density at radius 3 is 1.69 bits per heavy atom. The van der Waals surface area contributed by atoms with Crippen LogP contribution in [0.3, 0.4) is 0 Å². The van der Waals surface area contributed by atoms with Crippen molar-refractivity contribution in [2.24, 2.45) is 7.05 Å². The molecule has 190 valence electrons. The zero-order chi connectivity index (χ0) is 26.9. The number of hydrogen-bond acceptors (Lipinski definition) is 5. The SMILES string of the molecule is C[n+]1c2ccccc2c(C(=O)Oc2ccccc2C(C)(C)C)c2ccccc21.O=S(=O)([O-])C(F)(F)F. The second-order valence-corrected chi connectivity index (χ2v) is 10.4. The van der Waals surface area contributed by atoms with E-state index in [0.29, 0.717) is 11.3 Å². The molecular weight excluding hydrogens is 495 g/mol. The van der Waals surface area contributed by atoms with Crippen molar-refractivity contribution in [3.8, 4) is 5.75 Å². The highest BCUT2D eigenvalue weighted by Crippen LogP contribution is 2.33. The summed E-state index contributed by atoms with van der Waals surface area (Å²) in [5.74, 6) is 0.283. The molecular formula is C26H24F3NO5S. The average molecular weight is 520 g/mol.